The van der Waals surface area contributed by atoms with Crippen LogP contribution >= 0.6 is 11.8 Å². The molecule has 3 nitrogen and oxygen atoms in total. The number of benzene rings is 1. The van der Waals surface area contributed by atoms with Gasteiger partial charge in [0.15, 0.2) is 0 Å². The van der Waals surface area contributed by atoms with E-state index < -0.39 is 5.97 Å². The van der Waals surface area contributed by atoms with Crippen LogP contribution in [0.25, 0.3) is 0 Å². The predicted octanol–water partition coefficient (Wildman–Crippen LogP) is 3.44. The number of halogens is 1. The number of carboxylic acids is 1. The summed E-state index contributed by atoms with van der Waals surface area (Å²) in [6, 6.07) is 5.86. The van der Waals surface area contributed by atoms with Gasteiger partial charge in [-0.3, -0.25) is 4.79 Å². The minimum atomic E-state index is -0.764. The summed E-state index contributed by atoms with van der Waals surface area (Å²) < 4.78 is 18.1. The van der Waals surface area contributed by atoms with Gasteiger partial charge in [-0.05, 0) is 42.4 Å². The molecule has 0 aliphatic heterocycles. The van der Waals surface area contributed by atoms with Crippen molar-refractivity contribution in [3.05, 3.63) is 30.1 Å². The molecule has 0 aliphatic carbocycles. The van der Waals surface area contributed by atoms with Crippen LogP contribution in [0.2, 0.25) is 0 Å². The van der Waals surface area contributed by atoms with E-state index in [1.54, 1.807) is 12.1 Å². The predicted molar refractivity (Wildman–Crippen MR) is 75.2 cm³/mol. The van der Waals surface area contributed by atoms with Gasteiger partial charge < -0.3 is 9.84 Å². The van der Waals surface area contributed by atoms with Gasteiger partial charge in [0.1, 0.15) is 16.8 Å². The highest BCUT2D eigenvalue weighted by Crippen LogP contribution is 2.20. The molecule has 1 N–H and O–H groups in total. The fourth-order valence-electron chi connectivity index (χ4n) is 1.54. The molecule has 0 fully saturated rings. The largest absolute Gasteiger partial charge is 0.494 e. The first-order chi connectivity index (χ1) is 9.00. The molecule has 0 amide bonds. The van der Waals surface area contributed by atoms with Crippen LogP contribution in [0, 0.1) is 11.7 Å². The number of ether oxygens (including phenoxy) is 1. The monoisotopic (exact) mass is 286 g/mol. The number of hydrogen-bond acceptors (Lipinski definition) is 3. The Labute approximate surface area is 117 Å². The van der Waals surface area contributed by atoms with E-state index in [1.807, 2.05) is 13.8 Å². The first-order valence-electron chi connectivity index (χ1n) is 6.23. The average molecular weight is 286 g/mol. The van der Waals surface area contributed by atoms with Crippen LogP contribution in [0.4, 0.5) is 4.39 Å². The number of rotatable bonds is 8. The van der Waals surface area contributed by atoms with E-state index in [9.17, 15) is 9.18 Å². The summed E-state index contributed by atoms with van der Waals surface area (Å²) in [7, 11) is 0. The van der Waals surface area contributed by atoms with Gasteiger partial charge in [-0.1, -0.05) is 13.8 Å². The topological polar surface area (TPSA) is 46.5 Å². The molecule has 106 valence electrons. The second kappa shape index (κ2) is 8.04. The quantitative estimate of drug-likeness (QED) is 0.744. The third-order valence-corrected chi connectivity index (χ3v) is 4.15. The molecule has 0 radical (unpaired) electrons. The maximum absolute atomic E-state index is 12.7. The lowest BCUT2D eigenvalue weighted by molar-refractivity contribution is -0.137. The van der Waals surface area contributed by atoms with Crippen LogP contribution in [0.3, 0.4) is 0 Å². The second-order valence-corrected chi connectivity index (χ2v) is 5.78. The van der Waals surface area contributed by atoms with E-state index in [4.69, 9.17) is 9.84 Å². The van der Waals surface area contributed by atoms with Crippen LogP contribution in [0.5, 0.6) is 5.75 Å². The van der Waals surface area contributed by atoms with Crippen molar-refractivity contribution in [3.8, 4) is 5.75 Å². The van der Waals surface area contributed by atoms with E-state index >= 15 is 0 Å². The summed E-state index contributed by atoms with van der Waals surface area (Å²) in [6.45, 7) is 4.31. The molecule has 5 heteroatoms. The summed E-state index contributed by atoms with van der Waals surface area (Å²) in [4.78, 5) is 11.0. The minimum absolute atomic E-state index is 0.112. The third kappa shape index (κ3) is 5.96. The van der Waals surface area contributed by atoms with E-state index in [2.05, 4.69) is 0 Å². The molecule has 0 aliphatic rings. The standard InChI is InChI=1S/C14H19FO3S/c1-10(2)13(14(16)17)19-9-3-8-18-12-6-4-11(15)5-7-12/h4-7,10,13H,3,8-9H2,1-2H3,(H,16,17). The minimum Gasteiger partial charge on any atom is -0.494 e. The molecule has 0 saturated heterocycles. The van der Waals surface area contributed by atoms with Gasteiger partial charge in [-0.15, -0.1) is 11.8 Å². The van der Waals surface area contributed by atoms with Gasteiger partial charge in [-0.2, -0.15) is 0 Å². The zero-order chi connectivity index (χ0) is 14.3. The Morgan fingerprint density at radius 1 is 1.37 bits per heavy atom. The van der Waals surface area contributed by atoms with Crippen molar-refractivity contribution in [2.75, 3.05) is 12.4 Å². The molecule has 1 unspecified atom stereocenters. The lowest BCUT2D eigenvalue weighted by atomic mass is 10.1. The Kier molecular flexibility index (Phi) is 6.70. The van der Waals surface area contributed by atoms with E-state index in [1.165, 1.54) is 23.9 Å². The number of thioether (sulfide) groups is 1. The highest BCUT2D eigenvalue weighted by atomic mass is 32.2. The van der Waals surface area contributed by atoms with Crippen molar-refractivity contribution >= 4 is 17.7 Å². The van der Waals surface area contributed by atoms with E-state index in [0.29, 0.717) is 12.4 Å². The van der Waals surface area contributed by atoms with Crippen LogP contribution in [0.1, 0.15) is 20.3 Å². The molecule has 0 spiro atoms. The van der Waals surface area contributed by atoms with Crippen molar-refractivity contribution in [3.63, 3.8) is 0 Å². The van der Waals surface area contributed by atoms with Crippen molar-refractivity contribution < 1.29 is 19.0 Å². The van der Waals surface area contributed by atoms with E-state index in [-0.39, 0.29) is 17.0 Å². The molecule has 1 aromatic rings. The van der Waals surface area contributed by atoms with Gasteiger partial charge in [0, 0.05) is 0 Å². The zero-order valence-electron chi connectivity index (χ0n) is 11.1. The third-order valence-electron chi connectivity index (χ3n) is 2.52. The summed E-state index contributed by atoms with van der Waals surface area (Å²) in [5.41, 5.74) is 0. The highest BCUT2D eigenvalue weighted by Gasteiger charge is 2.21. The molecule has 0 bridgehead atoms. The Hall–Kier alpha value is -1.23. The zero-order valence-corrected chi connectivity index (χ0v) is 12.0. The Bertz CT molecular complexity index is 392. The van der Waals surface area contributed by atoms with Crippen LogP contribution in [-0.4, -0.2) is 28.7 Å². The first kappa shape index (κ1) is 15.8. The summed E-state index contributed by atoms with van der Waals surface area (Å²) in [6.07, 6.45) is 0.762. The molecule has 1 aromatic carbocycles. The molecule has 0 aromatic heterocycles. The van der Waals surface area contributed by atoms with Gasteiger partial charge >= 0.3 is 5.97 Å². The van der Waals surface area contributed by atoms with Crippen LogP contribution in [0.15, 0.2) is 24.3 Å². The molecule has 0 saturated carbocycles. The summed E-state index contributed by atoms with van der Waals surface area (Å²) in [5, 5.41) is 8.65. The van der Waals surface area contributed by atoms with Gasteiger partial charge in [-0.25, -0.2) is 4.39 Å². The van der Waals surface area contributed by atoms with Crippen LogP contribution < -0.4 is 4.74 Å². The number of aliphatic carboxylic acids is 1. The van der Waals surface area contributed by atoms with Crippen LogP contribution in [-0.2, 0) is 4.79 Å². The van der Waals surface area contributed by atoms with Gasteiger partial charge in [0.25, 0.3) is 0 Å². The summed E-state index contributed by atoms with van der Waals surface area (Å²) >= 11 is 1.44. The summed E-state index contributed by atoms with van der Waals surface area (Å²) in [5.74, 6) is 0.422. The normalized spacial score (nSPS) is 12.4. The van der Waals surface area contributed by atoms with Crippen molar-refractivity contribution in [1.29, 1.82) is 0 Å². The molecule has 1 atom stereocenters. The maximum Gasteiger partial charge on any atom is 0.316 e. The lowest BCUT2D eigenvalue weighted by Crippen LogP contribution is -2.23. The van der Waals surface area contributed by atoms with Crippen molar-refractivity contribution in [2.45, 2.75) is 25.5 Å². The van der Waals surface area contributed by atoms with Gasteiger partial charge in [0.05, 0.1) is 6.61 Å². The molecule has 19 heavy (non-hydrogen) atoms. The Morgan fingerprint density at radius 3 is 2.53 bits per heavy atom. The second-order valence-electron chi connectivity index (χ2n) is 4.53. The number of carbonyl (C=O) groups is 1. The van der Waals surface area contributed by atoms with E-state index in [0.717, 1.165) is 12.2 Å². The maximum atomic E-state index is 12.7. The molecule has 0 heterocycles. The highest BCUT2D eigenvalue weighted by molar-refractivity contribution is 8.00. The fourth-order valence-corrected chi connectivity index (χ4v) is 2.60. The average Bonchev–Trinajstić information content (AvgIpc) is 2.34. The van der Waals surface area contributed by atoms with Crippen molar-refractivity contribution in [2.24, 2.45) is 5.92 Å². The van der Waals surface area contributed by atoms with Gasteiger partial charge in [0.2, 0.25) is 0 Å². The molecular formula is C14H19FO3S. The first-order valence-corrected chi connectivity index (χ1v) is 7.28. The Balaban J connectivity index is 2.20. The molecular weight excluding hydrogens is 267 g/mol. The SMILES string of the molecule is CC(C)C(SCCCOc1ccc(F)cc1)C(=O)O. The smallest absolute Gasteiger partial charge is 0.316 e. The molecule has 1 rings (SSSR count). The number of hydrogen-bond donors (Lipinski definition) is 1. The lowest BCUT2D eigenvalue weighted by Gasteiger charge is -2.15. The number of carboxylic acid groups (broad SMARTS) is 1. The fraction of sp³-hybridized carbons (Fsp3) is 0.500. The Morgan fingerprint density at radius 2 is 2.00 bits per heavy atom. The van der Waals surface area contributed by atoms with Crippen molar-refractivity contribution in [1.82, 2.24) is 0 Å².